The van der Waals surface area contributed by atoms with Crippen LogP contribution in [0.4, 0.5) is 17.5 Å². The van der Waals surface area contributed by atoms with E-state index in [1.54, 1.807) is 25.8 Å². The SMILES string of the molecule is COc1cc(Nc2ncc3c(n2)N(C)C(C2COC2)CO3)cnc1-n1cnc(C)c1. The Bertz CT molecular complexity index is 1070. The quantitative estimate of drug-likeness (QED) is 0.678. The normalized spacial score (nSPS) is 18.4. The summed E-state index contributed by atoms with van der Waals surface area (Å²) in [5, 5.41) is 3.21. The molecule has 10 heteroatoms. The summed E-state index contributed by atoms with van der Waals surface area (Å²) in [5.41, 5.74) is 1.62. The van der Waals surface area contributed by atoms with Crippen molar-refractivity contribution in [2.75, 3.05) is 44.2 Å². The number of hydrogen-bond donors (Lipinski definition) is 1. The lowest BCUT2D eigenvalue weighted by Crippen LogP contribution is -2.52. The van der Waals surface area contributed by atoms with Gasteiger partial charge in [-0.15, -0.1) is 0 Å². The van der Waals surface area contributed by atoms with E-state index in [1.807, 2.05) is 30.8 Å². The summed E-state index contributed by atoms with van der Waals surface area (Å²) in [5.74, 6) is 3.64. The highest BCUT2D eigenvalue weighted by Crippen LogP contribution is 2.35. The molecule has 0 bridgehead atoms. The first-order chi connectivity index (χ1) is 14.6. The molecule has 5 heterocycles. The third kappa shape index (κ3) is 3.28. The van der Waals surface area contributed by atoms with Gasteiger partial charge in [0.25, 0.3) is 0 Å². The molecule has 3 aromatic heterocycles. The molecular formula is C20H23N7O3. The summed E-state index contributed by atoms with van der Waals surface area (Å²) < 4.78 is 18.6. The van der Waals surface area contributed by atoms with Gasteiger partial charge in [0.2, 0.25) is 5.95 Å². The van der Waals surface area contributed by atoms with Gasteiger partial charge < -0.3 is 24.4 Å². The Morgan fingerprint density at radius 3 is 2.70 bits per heavy atom. The third-order valence-corrected chi connectivity index (χ3v) is 5.45. The molecule has 0 aromatic carbocycles. The van der Waals surface area contributed by atoms with Gasteiger partial charge in [0, 0.05) is 25.2 Å². The van der Waals surface area contributed by atoms with Crippen LogP contribution < -0.4 is 19.7 Å². The maximum Gasteiger partial charge on any atom is 0.229 e. The predicted octanol–water partition coefficient (Wildman–Crippen LogP) is 1.96. The first-order valence-electron chi connectivity index (χ1n) is 9.75. The van der Waals surface area contributed by atoms with E-state index in [2.05, 4.69) is 30.2 Å². The minimum Gasteiger partial charge on any atom is -0.493 e. The van der Waals surface area contributed by atoms with Crippen molar-refractivity contribution in [2.45, 2.75) is 13.0 Å². The molecule has 1 saturated heterocycles. The molecule has 0 saturated carbocycles. The zero-order valence-electron chi connectivity index (χ0n) is 17.1. The Kier molecular flexibility index (Phi) is 4.62. The minimum atomic E-state index is 0.244. The van der Waals surface area contributed by atoms with Crippen LogP contribution in [0.25, 0.3) is 5.82 Å². The number of hydrogen-bond acceptors (Lipinski definition) is 9. The second-order valence-corrected chi connectivity index (χ2v) is 7.47. The molecule has 156 valence electrons. The lowest BCUT2D eigenvalue weighted by molar-refractivity contribution is -0.0518. The first kappa shape index (κ1) is 18.6. The number of anilines is 3. The van der Waals surface area contributed by atoms with E-state index in [0.717, 1.165) is 30.4 Å². The topological polar surface area (TPSA) is 99.5 Å². The number of nitrogens with one attached hydrogen (secondary N) is 1. The van der Waals surface area contributed by atoms with E-state index >= 15 is 0 Å². The van der Waals surface area contributed by atoms with Gasteiger partial charge in [-0.1, -0.05) is 0 Å². The molecule has 1 fully saturated rings. The molecule has 0 aliphatic carbocycles. The highest BCUT2D eigenvalue weighted by Gasteiger charge is 2.36. The molecule has 0 spiro atoms. The van der Waals surface area contributed by atoms with Gasteiger partial charge in [0.15, 0.2) is 23.1 Å². The second kappa shape index (κ2) is 7.45. The fourth-order valence-electron chi connectivity index (χ4n) is 3.66. The largest absolute Gasteiger partial charge is 0.493 e. The number of nitrogens with zero attached hydrogens (tertiary/aromatic N) is 6. The van der Waals surface area contributed by atoms with Crippen LogP contribution in [0.3, 0.4) is 0 Å². The average Bonchev–Trinajstić information content (AvgIpc) is 3.15. The Balaban J connectivity index is 1.39. The van der Waals surface area contributed by atoms with E-state index in [0.29, 0.717) is 35.8 Å². The molecule has 2 aliphatic rings. The van der Waals surface area contributed by atoms with Crippen molar-refractivity contribution in [3.8, 4) is 17.3 Å². The number of imidazole rings is 1. The lowest BCUT2D eigenvalue weighted by atomic mass is 9.96. The summed E-state index contributed by atoms with van der Waals surface area (Å²) in [6, 6.07) is 2.10. The van der Waals surface area contributed by atoms with Crippen molar-refractivity contribution in [1.82, 2.24) is 24.5 Å². The van der Waals surface area contributed by atoms with Crippen molar-refractivity contribution in [3.63, 3.8) is 0 Å². The first-order valence-corrected chi connectivity index (χ1v) is 9.75. The zero-order valence-corrected chi connectivity index (χ0v) is 17.1. The number of methoxy groups -OCH3 is 1. The standard InChI is InChI=1S/C20H23N7O3/c1-12-7-27(11-23-12)18-16(28-3)4-14(5-21-18)24-20-22-6-17-19(25-20)26(2)15(10-30-17)13-8-29-9-13/h4-7,11,13,15H,8-10H2,1-3H3,(H,22,24,25). The highest BCUT2D eigenvalue weighted by molar-refractivity contribution is 5.62. The predicted molar refractivity (Wildman–Crippen MR) is 110 cm³/mol. The van der Waals surface area contributed by atoms with Crippen LogP contribution in [0, 0.1) is 12.8 Å². The number of aromatic nitrogens is 5. The fraction of sp³-hybridized carbons (Fsp3) is 0.400. The number of pyridine rings is 1. The minimum absolute atomic E-state index is 0.244. The van der Waals surface area contributed by atoms with Gasteiger partial charge in [0.1, 0.15) is 12.9 Å². The maximum absolute atomic E-state index is 5.88. The molecule has 1 unspecified atom stereocenters. The van der Waals surface area contributed by atoms with Crippen LogP contribution in [0.15, 0.2) is 31.0 Å². The summed E-state index contributed by atoms with van der Waals surface area (Å²) in [6.07, 6.45) is 7.01. The molecule has 30 heavy (non-hydrogen) atoms. The van der Waals surface area contributed by atoms with Crippen LogP contribution in [-0.2, 0) is 4.74 Å². The van der Waals surface area contributed by atoms with Crippen LogP contribution in [0.5, 0.6) is 11.5 Å². The van der Waals surface area contributed by atoms with Crippen molar-refractivity contribution in [3.05, 3.63) is 36.7 Å². The maximum atomic E-state index is 5.88. The fourth-order valence-corrected chi connectivity index (χ4v) is 3.66. The molecule has 3 aromatic rings. The summed E-state index contributed by atoms with van der Waals surface area (Å²) in [4.78, 5) is 20.0. The Morgan fingerprint density at radius 1 is 1.13 bits per heavy atom. The molecule has 1 N–H and O–H groups in total. The van der Waals surface area contributed by atoms with E-state index in [4.69, 9.17) is 14.2 Å². The van der Waals surface area contributed by atoms with Crippen molar-refractivity contribution in [1.29, 1.82) is 0 Å². The van der Waals surface area contributed by atoms with Crippen molar-refractivity contribution in [2.24, 2.45) is 5.92 Å². The monoisotopic (exact) mass is 409 g/mol. The van der Waals surface area contributed by atoms with Crippen LogP contribution >= 0.6 is 0 Å². The van der Waals surface area contributed by atoms with E-state index < -0.39 is 0 Å². The van der Waals surface area contributed by atoms with E-state index in [1.165, 1.54) is 0 Å². The molecule has 0 radical (unpaired) electrons. The smallest absolute Gasteiger partial charge is 0.229 e. The van der Waals surface area contributed by atoms with Gasteiger partial charge in [0.05, 0.1) is 50.1 Å². The highest BCUT2D eigenvalue weighted by atomic mass is 16.5. The Labute approximate surface area is 173 Å². The van der Waals surface area contributed by atoms with Crippen LogP contribution in [0.1, 0.15) is 5.69 Å². The van der Waals surface area contributed by atoms with Crippen LogP contribution in [-0.4, -0.2) is 64.5 Å². The summed E-state index contributed by atoms with van der Waals surface area (Å²) >= 11 is 0. The van der Waals surface area contributed by atoms with Gasteiger partial charge >= 0.3 is 0 Å². The zero-order chi connectivity index (χ0) is 20.7. The van der Waals surface area contributed by atoms with Gasteiger partial charge in [-0.2, -0.15) is 4.98 Å². The number of rotatable bonds is 5. The molecule has 10 nitrogen and oxygen atoms in total. The molecule has 1 atom stereocenters. The average molecular weight is 409 g/mol. The Hall–Kier alpha value is -3.40. The van der Waals surface area contributed by atoms with Gasteiger partial charge in [-0.3, -0.25) is 4.57 Å². The number of likely N-dealkylation sites (N-methyl/N-ethyl adjacent to an activating group) is 1. The van der Waals surface area contributed by atoms with E-state index in [9.17, 15) is 0 Å². The molecule has 0 amide bonds. The molecule has 5 rings (SSSR count). The molecular weight excluding hydrogens is 386 g/mol. The van der Waals surface area contributed by atoms with Crippen molar-refractivity contribution < 1.29 is 14.2 Å². The van der Waals surface area contributed by atoms with Gasteiger partial charge in [-0.05, 0) is 6.92 Å². The van der Waals surface area contributed by atoms with Crippen LogP contribution in [0.2, 0.25) is 0 Å². The summed E-state index contributed by atoms with van der Waals surface area (Å²) in [7, 11) is 3.65. The molecule has 2 aliphatic heterocycles. The number of ether oxygens (including phenoxy) is 3. The second-order valence-electron chi connectivity index (χ2n) is 7.47. The Morgan fingerprint density at radius 2 is 2.00 bits per heavy atom. The third-order valence-electron chi connectivity index (χ3n) is 5.45. The van der Waals surface area contributed by atoms with Gasteiger partial charge in [-0.25, -0.2) is 15.0 Å². The number of fused-ring (bicyclic) bond motifs is 1. The van der Waals surface area contributed by atoms with E-state index in [-0.39, 0.29) is 6.04 Å². The summed E-state index contributed by atoms with van der Waals surface area (Å²) in [6.45, 7) is 4.07. The number of aryl methyl sites for hydroxylation is 1. The lowest BCUT2D eigenvalue weighted by Gasteiger charge is -2.42. The van der Waals surface area contributed by atoms with Crippen molar-refractivity contribution >= 4 is 17.5 Å².